The second kappa shape index (κ2) is 5.95. The molecule has 1 rings (SSSR count). The highest BCUT2D eigenvalue weighted by molar-refractivity contribution is 7.89. The Labute approximate surface area is 111 Å². The van der Waals surface area contributed by atoms with Crippen molar-refractivity contribution < 1.29 is 21.2 Å². The molecule has 0 aliphatic carbocycles. The summed E-state index contributed by atoms with van der Waals surface area (Å²) in [6.07, 6.45) is 0.0480. The molecule has 1 aromatic carbocycles. The summed E-state index contributed by atoms with van der Waals surface area (Å²) >= 11 is 0. The van der Waals surface area contributed by atoms with Crippen molar-refractivity contribution in [2.24, 2.45) is 5.14 Å². The highest BCUT2D eigenvalue weighted by Crippen LogP contribution is 2.15. The zero-order chi connectivity index (χ0) is 14.7. The second-order valence-electron chi connectivity index (χ2n) is 4.03. The first-order valence-corrected chi connectivity index (χ1v) is 8.58. The van der Waals surface area contributed by atoms with E-state index in [9.17, 15) is 21.2 Å². The van der Waals surface area contributed by atoms with Crippen LogP contribution in [-0.4, -0.2) is 29.1 Å². The maximum Gasteiger partial charge on any atom is 0.240 e. The monoisotopic (exact) mass is 310 g/mol. The fourth-order valence-corrected chi connectivity index (χ4v) is 3.30. The molecule has 0 bridgehead atoms. The van der Waals surface area contributed by atoms with Gasteiger partial charge in [0.25, 0.3) is 0 Å². The van der Waals surface area contributed by atoms with Crippen LogP contribution in [0.3, 0.4) is 0 Å². The van der Waals surface area contributed by atoms with Crippen LogP contribution in [0.4, 0.5) is 4.39 Å². The smallest absolute Gasteiger partial charge is 0.229 e. The molecule has 0 fully saturated rings. The van der Waals surface area contributed by atoms with E-state index in [-0.39, 0.29) is 23.6 Å². The standard InChI is InChI=1S/C10H15FN2O4S2/c1-8-3-4-9(11)7-10(8)19(16,17)13-5-2-6-18(12,14)15/h3-4,7,13H,2,5-6H2,1H3,(H2,12,14,15). The molecule has 0 saturated carbocycles. The van der Waals surface area contributed by atoms with Gasteiger partial charge in [0.15, 0.2) is 0 Å². The van der Waals surface area contributed by atoms with Crippen LogP contribution >= 0.6 is 0 Å². The van der Waals surface area contributed by atoms with Gasteiger partial charge < -0.3 is 0 Å². The van der Waals surface area contributed by atoms with Crippen molar-refractivity contribution in [2.45, 2.75) is 18.2 Å². The molecule has 0 aromatic heterocycles. The Morgan fingerprint density at radius 1 is 1.26 bits per heavy atom. The molecule has 108 valence electrons. The summed E-state index contributed by atoms with van der Waals surface area (Å²) in [6, 6.07) is 3.43. The van der Waals surface area contributed by atoms with E-state index in [1.54, 1.807) is 6.92 Å². The third-order valence-corrected chi connectivity index (χ3v) is 4.80. The van der Waals surface area contributed by atoms with Crippen LogP contribution in [0.25, 0.3) is 0 Å². The summed E-state index contributed by atoms with van der Waals surface area (Å²) in [5, 5.41) is 4.79. The summed E-state index contributed by atoms with van der Waals surface area (Å²) in [4.78, 5) is -0.164. The minimum atomic E-state index is -3.86. The highest BCUT2D eigenvalue weighted by atomic mass is 32.2. The van der Waals surface area contributed by atoms with Crippen LogP contribution in [0.1, 0.15) is 12.0 Å². The predicted molar refractivity (Wildman–Crippen MR) is 68.9 cm³/mol. The summed E-state index contributed by atoms with van der Waals surface area (Å²) < 4.78 is 60.3. The largest absolute Gasteiger partial charge is 0.240 e. The molecule has 19 heavy (non-hydrogen) atoms. The fourth-order valence-electron chi connectivity index (χ4n) is 1.42. The number of halogens is 1. The number of aryl methyl sites for hydroxylation is 1. The van der Waals surface area contributed by atoms with Crippen molar-refractivity contribution >= 4 is 20.0 Å². The molecule has 0 heterocycles. The van der Waals surface area contributed by atoms with Crippen LogP contribution in [0.15, 0.2) is 23.1 Å². The Balaban J connectivity index is 2.74. The molecule has 0 radical (unpaired) electrons. The van der Waals surface area contributed by atoms with E-state index in [0.717, 1.165) is 12.1 Å². The average Bonchev–Trinajstić information content (AvgIpc) is 2.26. The minimum Gasteiger partial charge on any atom is -0.229 e. The molecule has 6 nitrogen and oxygen atoms in total. The van der Waals surface area contributed by atoms with Gasteiger partial charge in [-0.1, -0.05) is 6.07 Å². The van der Waals surface area contributed by atoms with E-state index in [1.165, 1.54) is 6.07 Å². The third-order valence-electron chi connectivity index (χ3n) is 2.34. The van der Waals surface area contributed by atoms with Gasteiger partial charge in [-0.05, 0) is 31.0 Å². The number of hydrogen-bond donors (Lipinski definition) is 2. The highest BCUT2D eigenvalue weighted by Gasteiger charge is 2.17. The summed E-state index contributed by atoms with van der Waals surface area (Å²) in [7, 11) is -7.47. The van der Waals surface area contributed by atoms with E-state index >= 15 is 0 Å². The van der Waals surface area contributed by atoms with Crippen molar-refractivity contribution in [1.29, 1.82) is 0 Å². The Morgan fingerprint density at radius 2 is 1.89 bits per heavy atom. The van der Waals surface area contributed by atoms with Crippen molar-refractivity contribution in [3.8, 4) is 0 Å². The Kier molecular flexibility index (Phi) is 5.02. The Morgan fingerprint density at radius 3 is 2.47 bits per heavy atom. The number of nitrogens with two attached hydrogens (primary N) is 1. The molecular weight excluding hydrogens is 295 g/mol. The molecule has 3 N–H and O–H groups in total. The number of hydrogen-bond acceptors (Lipinski definition) is 4. The van der Waals surface area contributed by atoms with Gasteiger partial charge in [0, 0.05) is 6.54 Å². The van der Waals surface area contributed by atoms with E-state index in [1.807, 2.05) is 0 Å². The van der Waals surface area contributed by atoms with Crippen LogP contribution in [-0.2, 0) is 20.0 Å². The first-order valence-electron chi connectivity index (χ1n) is 5.38. The van der Waals surface area contributed by atoms with Crippen molar-refractivity contribution in [3.05, 3.63) is 29.6 Å². The molecule has 0 spiro atoms. The first kappa shape index (κ1) is 16.0. The number of sulfonamides is 2. The Hall–Kier alpha value is -1.03. The molecule has 0 amide bonds. The van der Waals surface area contributed by atoms with Gasteiger partial charge in [-0.15, -0.1) is 0 Å². The lowest BCUT2D eigenvalue weighted by Crippen LogP contribution is -2.28. The molecule has 0 aliphatic heterocycles. The zero-order valence-corrected chi connectivity index (χ0v) is 11.9. The van der Waals surface area contributed by atoms with Crippen LogP contribution in [0, 0.1) is 12.7 Å². The lowest BCUT2D eigenvalue weighted by Gasteiger charge is -2.09. The summed E-state index contributed by atoms with van der Waals surface area (Å²) in [5.74, 6) is -0.979. The SMILES string of the molecule is Cc1ccc(F)cc1S(=O)(=O)NCCCS(N)(=O)=O. The third kappa shape index (κ3) is 5.23. The molecule has 1 aromatic rings. The van der Waals surface area contributed by atoms with Gasteiger partial charge in [0.2, 0.25) is 20.0 Å². The van der Waals surface area contributed by atoms with E-state index in [0.29, 0.717) is 5.56 Å². The van der Waals surface area contributed by atoms with Crippen LogP contribution in [0.2, 0.25) is 0 Å². The number of primary sulfonamides is 1. The van der Waals surface area contributed by atoms with E-state index < -0.39 is 25.9 Å². The van der Waals surface area contributed by atoms with E-state index in [2.05, 4.69) is 4.72 Å². The topological polar surface area (TPSA) is 106 Å². The normalized spacial score (nSPS) is 12.6. The molecule has 0 saturated heterocycles. The van der Waals surface area contributed by atoms with Crippen molar-refractivity contribution in [1.82, 2.24) is 4.72 Å². The van der Waals surface area contributed by atoms with E-state index in [4.69, 9.17) is 5.14 Å². The maximum absolute atomic E-state index is 13.0. The minimum absolute atomic E-state index is 0.0480. The van der Waals surface area contributed by atoms with Gasteiger partial charge in [0.1, 0.15) is 5.82 Å². The quantitative estimate of drug-likeness (QED) is 0.726. The van der Waals surface area contributed by atoms with Gasteiger partial charge in [0.05, 0.1) is 10.6 Å². The molecular formula is C10H15FN2O4S2. The average molecular weight is 310 g/mol. The summed E-state index contributed by atoms with van der Waals surface area (Å²) in [6.45, 7) is 1.45. The zero-order valence-electron chi connectivity index (χ0n) is 10.3. The molecule has 0 unspecified atom stereocenters. The lowest BCUT2D eigenvalue weighted by atomic mass is 10.2. The van der Waals surface area contributed by atoms with Gasteiger partial charge in [-0.2, -0.15) is 0 Å². The number of benzene rings is 1. The number of rotatable bonds is 6. The molecule has 0 atom stereocenters. The maximum atomic E-state index is 13.0. The predicted octanol–water partition coefficient (Wildman–Crippen LogP) is 0.0910. The van der Waals surface area contributed by atoms with Crippen molar-refractivity contribution in [2.75, 3.05) is 12.3 Å². The van der Waals surface area contributed by atoms with Gasteiger partial charge >= 0.3 is 0 Å². The van der Waals surface area contributed by atoms with Crippen LogP contribution < -0.4 is 9.86 Å². The fraction of sp³-hybridized carbons (Fsp3) is 0.400. The molecule has 9 heteroatoms. The second-order valence-corrected chi connectivity index (χ2v) is 7.50. The van der Waals surface area contributed by atoms with Gasteiger partial charge in [-0.3, -0.25) is 0 Å². The Bertz CT molecular complexity index is 656. The summed E-state index contributed by atoms with van der Waals surface area (Å²) in [5.41, 5.74) is 0.403. The van der Waals surface area contributed by atoms with Gasteiger partial charge in [-0.25, -0.2) is 31.1 Å². The van der Waals surface area contributed by atoms with Crippen molar-refractivity contribution in [3.63, 3.8) is 0 Å². The molecule has 0 aliphatic rings. The first-order chi connectivity index (χ1) is 8.62. The number of nitrogens with one attached hydrogen (secondary N) is 1. The lowest BCUT2D eigenvalue weighted by molar-refractivity contribution is 0.573. The van der Waals surface area contributed by atoms with Crippen LogP contribution in [0.5, 0.6) is 0 Å².